The molecule has 4 heteroatoms. The topological polar surface area (TPSA) is 32.3 Å². The maximum Gasteiger partial charge on any atom is 0.242 e. The second-order valence-electron chi connectivity index (χ2n) is 5.39. The molecule has 0 aliphatic heterocycles. The maximum absolute atomic E-state index is 12.2. The van der Waals surface area contributed by atoms with Crippen LogP contribution in [0, 0.1) is 5.92 Å². The molecule has 1 amide bonds. The van der Waals surface area contributed by atoms with E-state index in [2.05, 4.69) is 24.1 Å². The molecule has 0 fully saturated rings. The molecule has 0 heterocycles. The molecular weight excluding hydrogens is 260 g/mol. The van der Waals surface area contributed by atoms with Crippen LogP contribution in [-0.4, -0.2) is 37.5 Å². The van der Waals surface area contributed by atoms with Gasteiger partial charge in [0.1, 0.15) is 5.38 Å². The van der Waals surface area contributed by atoms with E-state index in [1.165, 1.54) is 0 Å². The van der Waals surface area contributed by atoms with E-state index in [-0.39, 0.29) is 11.9 Å². The van der Waals surface area contributed by atoms with Gasteiger partial charge in [-0.3, -0.25) is 4.79 Å². The Morgan fingerprint density at radius 2 is 1.84 bits per heavy atom. The van der Waals surface area contributed by atoms with Gasteiger partial charge in [0, 0.05) is 12.6 Å². The summed E-state index contributed by atoms with van der Waals surface area (Å²) < 4.78 is 0. The zero-order valence-electron chi connectivity index (χ0n) is 12.1. The number of rotatable bonds is 6. The van der Waals surface area contributed by atoms with Crippen LogP contribution < -0.4 is 5.32 Å². The van der Waals surface area contributed by atoms with Crippen LogP contribution in [0.25, 0.3) is 0 Å². The normalized spacial score (nSPS) is 14.5. The zero-order chi connectivity index (χ0) is 14.4. The molecule has 0 aromatic heterocycles. The van der Waals surface area contributed by atoms with Crippen molar-refractivity contribution in [2.45, 2.75) is 25.3 Å². The first-order valence-electron chi connectivity index (χ1n) is 6.56. The van der Waals surface area contributed by atoms with Gasteiger partial charge in [-0.1, -0.05) is 44.2 Å². The van der Waals surface area contributed by atoms with Crippen LogP contribution in [0.15, 0.2) is 30.3 Å². The number of hydrogen-bond acceptors (Lipinski definition) is 2. The smallest absolute Gasteiger partial charge is 0.242 e. The third-order valence-corrected chi connectivity index (χ3v) is 3.47. The lowest BCUT2D eigenvalue weighted by Crippen LogP contribution is -2.46. The molecular formula is C15H23ClN2O. The number of amides is 1. The summed E-state index contributed by atoms with van der Waals surface area (Å²) in [7, 11) is 3.99. The number of nitrogens with zero attached hydrogens (tertiary/aromatic N) is 1. The Morgan fingerprint density at radius 1 is 1.26 bits per heavy atom. The molecule has 3 nitrogen and oxygen atoms in total. The van der Waals surface area contributed by atoms with Crippen LogP contribution in [0.5, 0.6) is 0 Å². The minimum atomic E-state index is -0.635. The van der Waals surface area contributed by atoms with Crippen LogP contribution in [-0.2, 0) is 4.79 Å². The number of halogens is 1. The summed E-state index contributed by atoms with van der Waals surface area (Å²) in [5.41, 5.74) is 0.828. The summed E-state index contributed by atoms with van der Waals surface area (Å²) in [6, 6.07) is 9.53. The zero-order valence-corrected chi connectivity index (χ0v) is 12.8. The second-order valence-corrected chi connectivity index (χ2v) is 5.83. The number of benzene rings is 1. The van der Waals surface area contributed by atoms with Crippen molar-refractivity contribution in [2.75, 3.05) is 20.6 Å². The van der Waals surface area contributed by atoms with Crippen molar-refractivity contribution in [2.24, 2.45) is 5.92 Å². The molecule has 1 aromatic rings. The molecule has 1 N–H and O–H groups in total. The monoisotopic (exact) mass is 282 g/mol. The molecule has 2 unspecified atom stereocenters. The van der Waals surface area contributed by atoms with E-state index in [0.29, 0.717) is 5.92 Å². The molecule has 2 atom stereocenters. The van der Waals surface area contributed by atoms with E-state index in [1.807, 2.05) is 44.4 Å². The van der Waals surface area contributed by atoms with E-state index in [4.69, 9.17) is 11.6 Å². The van der Waals surface area contributed by atoms with Crippen molar-refractivity contribution in [3.05, 3.63) is 35.9 Å². The van der Waals surface area contributed by atoms with Crippen LogP contribution in [0.3, 0.4) is 0 Å². The van der Waals surface area contributed by atoms with Crippen molar-refractivity contribution < 1.29 is 4.79 Å². The van der Waals surface area contributed by atoms with Gasteiger partial charge in [-0.25, -0.2) is 0 Å². The SMILES string of the molecule is CC(C)C(CN(C)C)NC(=O)C(Cl)c1ccccc1. The lowest BCUT2D eigenvalue weighted by molar-refractivity contribution is -0.122. The van der Waals surface area contributed by atoms with Crippen molar-refractivity contribution in [1.82, 2.24) is 10.2 Å². The Morgan fingerprint density at radius 3 is 2.32 bits per heavy atom. The Balaban J connectivity index is 2.66. The average Bonchev–Trinajstić information content (AvgIpc) is 2.37. The van der Waals surface area contributed by atoms with Gasteiger partial charge in [-0.05, 0) is 25.6 Å². The van der Waals surface area contributed by atoms with Gasteiger partial charge < -0.3 is 10.2 Å². The molecule has 0 aliphatic carbocycles. The molecule has 0 aliphatic rings. The standard InChI is InChI=1S/C15H23ClN2O/c1-11(2)13(10-18(3)4)17-15(19)14(16)12-8-6-5-7-9-12/h5-9,11,13-14H,10H2,1-4H3,(H,17,19). The van der Waals surface area contributed by atoms with Crippen molar-refractivity contribution >= 4 is 17.5 Å². The molecule has 1 aromatic carbocycles. The largest absolute Gasteiger partial charge is 0.350 e. The number of hydrogen-bond donors (Lipinski definition) is 1. The summed E-state index contributed by atoms with van der Waals surface area (Å²) >= 11 is 6.22. The molecule has 0 spiro atoms. The molecule has 0 radical (unpaired) electrons. The molecule has 19 heavy (non-hydrogen) atoms. The van der Waals surface area contributed by atoms with Gasteiger partial charge in [0.05, 0.1) is 0 Å². The van der Waals surface area contributed by atoms with Gasteiger partial charge in [-0.15, -0.1) is 11.6 Å². The lowest BCUT2D eigenvalue weighted by Gasteiger charge is -2.26. The first-order valence-corrected chi connectivity index (χ1v) is 6.99. The average molecular weight is 283 g/mol. The number of carbonyl (C=O) groups is 1. The van der Waals surface area contributed by atoms with E-state index in [0.717, 1.165) is 12.1 Å². The lowest BCUT2D eigenvalue weighted by atomic mass is 10.0. The van der Waals surface area contributed by atoms with Crippen molar-refractivity contribution in [1.29, 1.82) is 0 Å². The highest BCUT2D eigenvalue weighted by atomic mass is 35.5. The summed E-state index contributed by atoms with van der Waals surface area (Å²) in [5.74, 6) is 0.236. The molecule has 0 bridgehead atoms. The summed E-state index contributed by atoms with van der Waals surface area (Å²) in [4.78, 5) is 14.2. The van der Waals surface area contributed by atoms with Gasteiger partial charge in [0.25, 0.3) is 0 Å². The Kier molecular flexibility index (Phi) is 6.32. The van der Waals surface area contributed by atoms with Crippen LogP contribution in [0.1, 0.15) is 24.8 Å². The molecule has 0 saturated heterocycles. The predicted molar refractivity (Wildman–Crippen MR) is 80.4 cm³/mol. The summed E-state index contributed by atoms with van der Waals surface area (Å²) in [6.45, 7) is 5.00. The second kappa shape index (κ2) is 7.51. The van der Waals surface area contributed by atoms with E-state index in [9.17, 15) is 4.79 Å². The minimum absolute atomic E-state index is 0.104. The van der Waals surface area contributed by atoms with Crippen molar-refractivity contribution in [3.63, 3.8) is 0 Å². The Bertz CT molecular complexity index is 392. The number of likely N-dealkylation sites (N-methyl/N-ethyl adjacent to an activating group) is 1. The number of nitrogens with one attached hydrogen (secondary N) is 1. The van der Waals surface area contributed by atoms with Gasteiger partial charge >= 0.3 is 0 Å². The minimum Gasteiger partial charge on any atom is -0.350 e. The summed E-state index contributed by atoms with van der Waals surface area (Å²) in [5, 5.41) is 2.40. The fourth-order valence-corrected chi connectivity index (χ4v) is 2.05. The molecule has 106 valence electrons. The van der Waals surface area contributed by atoms with Crippen molar-refractivity contribution in [3.8, 4) is 0 Å². The van der Waals surface area contributed by atoms with Gasteiger partial charge in [0.2, 0.25) is 5.91 Å². The summed E-state index contributed by atoms with van der Waals surface area (Å²) in [6.07, 6.45) is 0. The third kappa shape index (κ3) is 5.21. The molecule has 1 rings (SSSR count). The van der Waals surface area contributed by atoms with Gasteiger partial charge in [0.15, 0.2) is 0 Å². The highest BCUT2D eigenvalue weighted by Gasteiger charge is 2.22. The maximum atomic E-state index is 12.2. The highest BCUT2D eigenvalue weighted by Crippen LogP contribution is 2.20. The molecule has 0 saturated carbocycles. The fourth-order valence-electron chi connectivity index (χ4n) is 1.85. The van der Waals surface area contributed by atoms with E-state index >= 15 is 0 Å². The number of alkyl halides is 1. The third-order valence-electron chi connectivity index (χ3n) is 3.02. The predicted octanol–water partition coefficient (Wildman–Crippen LogP) is 2.67. The fraction of sp³-hybridized carbons (Fsp3) is 0.533. The number of carbonyl (C=O) groups excluding carboxylic acids is 1. The van der Waals surface area contributed by atoms with Crippen LogP contribution in [0.2, 0.25) is 0 Å². The quantitative estimate of drug-likeness (QED) is 0.814. The Labute approximate surface area is 120 Å². The van der Waals surface area contributed by atoms with Crippen LogP contribution in [0.4, 0.5) is 0 Å². The first kappa shape index (κ1) is 16.0. The van der Waals surface area contributed by atoms with Crippen LogP contribution >= 0.6 is 11.6 Å². The Hall–Kier alpha value is -1.06. The van der Waals surface area contributed by atoms with Gasteiger partial charge in [-0.2, -0.15) is 0 Å². The van der Waals surface area contributed by atoms with E-state index < -0.39 is 5.38 Å². The first-order chi connectivity index (χ1) is 8.91. The van der Waals surface area contributed by atoms with E-state index in [1.54, 1.807) is 0 Å². The highest BCUT2D eigenvalue weighted by molar-refractivity contribution is 6.30.